The molecular weight excluding hydrogens is 388 g/mol. The summed E-state index contributed by atoms with van der Waals surface area (Å²) in [6.07, 6.45) is 0. The van der Waals surface area contributed by atoms with E-state index in [2.05, 4.69) is 10.6 Å². The van der Waals surface area contributed by atoms with Crippen LogP contribution in [0, 0.1) is 0 Å². The molecule has 4 aromatic rings. The number of ether oxygens (including phenoxy) is 1. The molecule has 4 aromatic carbocycles. The summed E-state index contributed by atoms with van der Waals surface area (Å²) in [6.45, 7) is 0.374. The van der Waals surface area contributed by atoms with Crippen molar-refractivity contribution in [3.8, 4) is 11.5 Å². The Labute approximate surface area is 181 Å². The number of phenolic OH excluding ortho intramolecular Hbond substituents is 1. The van der Waals surface area contributed by atoms with E-state index in [9.17, 15) is 9.90 Å². The Balaban J connectivity index is 1.61. The summed E-state index contributed by atoms with van der Waals surface area (Å²) in [5.74, 6) is 0.909. The van der Waals surface area contributed by atoms with Crippen LogP contribution in [-0.4, -0.2) is 18.2 Å². The molecule has 0 bridgehead atoms. The lowest BCUT2D eigenvalue weighted by Crippen LogP contribution is -2.38. The molecule has 1 atom stereocenters. The zero-order valence-corrected chi connectivity index (χ0v) is 17.2. The van der Waals surface area contributed by atoms with Crippen molar-refractivity contribution in [2.75, 3.05) is 7.11 Å². The molecule has 31 heavy (non-hydrogen) atoms. The largest absolute Gasteiger partial charge is 0.508 e. The van der Waals surface area contributed by atoms with Crippen LogP contribution in [0.5, 0.6) is 11.5 Å². The standard InChI is InChI=1S/C26H24N2O3/c1-31-21-14-11-18(12-15-21)17-27-26(30)28-25(20-8-3-2-4-9-20)24-22-10-6-5-7-19(22)13-16-23(24)29/h2-16,25,29H,17H2,1H3,(H2,27,28,30). The summed E-state index contributed by atoms with van der Waals surface area (Å²) in [5, 5.41) is 18.6. The summed E-state index contributed by atoms with van der Waals surface area (Å²) in [5.41, 5.74) is 2.51. The van der Waals surface area contributed by atoms with Gasteiger partial charge in [-0.1, -0.05) is 72.8 Å². The maximum atomic E-state index is 12.8. The van der Waals surface area contributed by atoms with Gasteiger partial charge in [0.1, 0.15) is 11.5 Å². The molecule has 0 radical (unpaired) electrons. The lowest BCUT2D eigenvalue weighted by molar-refractivity contribution is 0.238. The highest BCUT2D eigenvalue weighted by Crippen LogP contribution is 2.35. The first-order chi connectivity index (χ1) is 15.2. The van der Waals surface area contributed by atoms with Crippen LogP contribution in [0.2, 0.25) is 0 Å². The van der Waals surface area contributed by atoms with E-state index in [0.717, 1.165) is 27.6 Å². The number of hydrogen-bond donors (Lipinski definition) is 3. The molecule has 156 valence electrons. The molecular formula is C26H24N2O3. The fourth-order valence-corrected chi connectivity index (χ4v) is 3.66. The smallest absolute Gasteiger partial charge is 0.315 e. The third-order valence-corrected chi connectivity index (χ3v) is 5.26. The second-order valence-electron chi connectivity index (χ2n) is 7.24. The number of carbonyl (C=O) groups excluding carboxylic acids is 1. The second-order valence-corrected chi connectivity index (χ2v) is 7.24. The normalized spacial score (nSPS) is 11.6. The first-order valence-electron chi connectivity index (χ1n) is 10.1. The number of phenols is 1. The summed E-state index contributed by atoms with van der Waals surface area (Å²) in [6, 6.07) is 27.7. The van der Waals surface area contributed by atoms with Crippen molar-refractivity contribution in [1.82, 2.24) is 10.6 Å². The minimum Gasteiger partial charge on any atom is -0.508 e. The number of methoxy groups -OCH3 is 1. The lowest BCUT2D eigenvalue weighted by atomic mass is 9.93. The van der Waals surface area contributed by atoms with Crippen molar-refractivity contribution in [3.05, 3.63) is 108 Å². The second kappa shape index (κ2) is 9.22. The highest BCUT2D eigenvalue weighted by Gasteiger charge is 2.22. The van der Waals surface area contributed by atoms with Gasteiger partial charge in [0.25, 0.3) is 0 Å². The highest BCUT2D eigenvalue weighted by atomic mass is 16.5. The van der Waals surface area contributed by atoms with Crippen LogP contribution in [0.3, 0.4) is 0 Å². The number of carbonyl (C=O) groups is 1. The first kappa shape index (κ1) is 20.3. The van der Waals surface area contributed by atoms with Crippen LogP contribution in [0.25, 0.3) is 10.8 Å². The lowest BCUT2D eigenvalue weighted by Gasteiger charge is -2.23. The average Bonchev–Trinajstić information content (AvgIpc) is 2.82. The highest BCUT2D eigenvalue weighted by molar-refractivity contribution is 5.89. The maximum Gasteiger partial charge on any atom is 0.315 e. The van der Waals surface area contributed by atoms with E-state index in [-0.39, 0.29) is 11.8 Å². The number of urea groups is 1. The summed E-state index contributed by atoms with van der Waals surface area (Å²) < 4.78 is 5.17. The van der Waals surface area contributed by atoms with Gasteiger partial charge in [0, 0.05) is 12.1 Å². The minimum atomic E-state index is -0.511. The third-order valence-electron chi connectivity index (χ3n) is 5.26. The first-order valence-corrected chi connectivity index (χ1v) is 10.1. The van der Waals surface area contributed by atoms with Gasteiger partial charge < -0.3 is 20.5 Å². The van der Waals surface area contributed by atoms with Gasteiger partial charge in [-0.3, -0.25) is 0 Å². The van der Waals surface area contributed by atoms with Gasteiger partial charge in [0.15, 0.2) is 0 Å². The molecule has 0 saturated heterocycles. The molecule has 2 amide bonds. The van der Waals surface area contributed by atoms with Gasteiger partial charge >= 0.3 is 6.03 Å². The molecule has 1 unspecified atom stereocenters. The number of fused-ring (bicyclic) bond motifs is 1. The summed E-state index contributed by atoms with van der Waals surface area (Å²) in [7, 11) is 1.62. The molecule has 5 heteroatoms. The molecule has 0 aliphatic rings. The van der Waals surface area contributed by atoms with Crippen molar-refractivity contribution in [2.45, 2.75) is 12.6 Å². The summed E-state index contributed by atoms with van der Waals surface area (Å²) >= 11 is 0. The topological polar surface area (TPSA) is 70.6 Å². The molecule has 0 saturated carbocycles. The zero-order valence-electron chi connectivity index (χ0n) is 17.2. The van der Waals surface area contributed by atoms with E-state index in [1.807, 2.05) is 84.9 Å². The van der Waals surface area contributed by atoms with E-state index in [0.29, 0.717) is 12.1 Å². The van der Waals surface area contributed by atoms with Crippen LogP contribution < -0.4 is 15.4 Å². The van der Waals surface area contributed by atoms with E-state index in [4.69, 9.17) is 4.74 Å². The molecule has 0 aliphatic carbocycles. The van der Waals surface area contributed by atoms with Crippen molar-refractivity contribution in [2.24, 2.45) is 0 Å². The van der Waals surface area contributed by atoms with Crippen LogP contribution in [0.4, 0.5) is 4.79 Å². The van der Waals surface area contributed by atoms with E-state index in [1.54, 1.807) is 13.2 Å². The molecule has 0 spiro atoms. The van der Waals surface area contributed by atoms with Crippen LogP contribution in [0.1, 0.15) is 22.7 Å². The number of amides is 2. The van der Waals surface area contributed by atoms with Crippen molar-refractivity contribution in [1.29, 1.82) is 0 Å². The van der Waals surface area contributed by atoms with Gasteiger partial charge in [-0.05, 0) is 40.1 Å². The van der Waals surface area contributed by atoms with Gasteiger partial charge in [-0.2, -0.15) is 0 Å². The van der Waals surface area contributed by atoms with Crippen molar-refractivity contribution >= 4 is 16.8 Å². The van der Waals surface area contributed by atoms with E-state index >= 15 is 0 Å². The van der Waals surface area contributed by atoms with E-state index in [1.165, 1.54) is 0 Å². The van der Waals surface area contributed by atoms with Crippen LogP contribution >= 0.6 is 0 Å². The Morgan fingerprint density at radius 1 is 0.903 bits per heavy atom. The molecule has 0 aromatic heterocycles. The zero-order chi connectivity index (χ0) is 21.6. The fourth-order valence-electron chi connectivity index (χ4n) is 3.66. The Morgan fingerprint density at radius 3 is 2.35 bits per heavy atom. The molecule has 0 aliphatic heterocycles. The molecule has 4 rings (SSSR count). The number of nitrogens with one attached hydrogen (secondary N) is 2. The molecule has 3 N–H and O–H groups in total. The fraction of sp³-hybridized carbons (Fsp3) is 0.115. The number of aromatic hydroxyl groups is 1. The van der Waals surface area contributed by atoms with Gasteiger partial charge in [0.2, 0.25) is 0 Å². The number of rotatable bonds is 6. The quantitative estimate of drug-likeness (QED) is 0.411. The molecule has 0 fully saturated rings. The average molecular weight is 412 g/mol. The predicted molar refractivity (Wildman–Crippen MR) is 122 cm³/mol. The van der Waals surface area contributed by atoms with Crippen molar-refractivity contribution < 1.29 is 14.6 Å². The van der Waals surface area contributed by atoms with E-state index < -0.39 is 6.04 Å². The maximum absolute atomic E-state index is 12.8. The SMILES string of the molecule is COc1ccc(CNC(=O)NC(c2ccccc2)c2c(O)ccc3ccccc23)cc1. The summed E-state index contributed by atoms with van der Waals surface area (Å²) in [4.78, 5) is 12.8. The molecule has 5 nitrogen and oxygen atoms in total. The minimum absolute atomic E-state index is 0.142. The Hall–Kier alpha value is -3.99. The van der Waals surface area contributed by atoms with Crippen molar-refractivity contribution in [3.63, 3.8) is 0 Å². The predicted octanol–water partition coefficient (Wildman–Crippen LogP) is 5.14. The number of hydrogen-bond acceptors (Lipinski definition) is 3. The molecule has 0 heterocycles. The monoisotopic (exact) mass is 412 g/mol. The third kappa shape index (κ3) is 4.61. The van der Waals surface area contributed by atoms with Crippen LogP contribution in [-0.2, 0) is 6.54 Å². The number of benzene rings is 4. The Bertz CT molecular complexity index is 1170. The van der Waals surface area contributed by atoms with Gasteiger partial charge in [-0.25, -0.2) is 4.79 Å². The van der Waals surface area contributed by atoms with Crippen LogP contribution in [0.15, 0.2) is 91.0 Å². The van der Waals surface area contributed by atoms with Gasteiger partial charge in [-0.15, -0.1) is 0 Å². The Kier molecular flexibility index (Phi) is 6.03. The van der Waals surface area contributed by atoms with Gasteiger partial charge in [0.05, 0.1) is 13.2 Å². The Morgan fingerprint density at radius 2 is 1.61 bits per heavy atom.